The Morgan fingerprint density at radius 1 is 1.30 bits per heavy atom. The molecule has 0 bridgehead atoms. The summed E-state index contributed by atoms with van der Waals surface area (Å²) in [7, 11) is 0. The Morgan fingerprint density at radius 2 is 1.85 bits per heavy atom. The summed E-state index contributed by atoms with van der Waals surface area (Å²) in [5.74, 6) is -0.603. The third kappa shape index (κ3) is 4.10. The second-order valence-corrected chi connectivity index (χ2v) is 5.43. The molecule has 1 unspecified atom stereocenters. The van der Waals surface area contributed by atoms with Crippen LogP contribution in [0.25, 0.3) is 0 Å². The summed E-state index contributed by atoms with van der Waals surface area (Å²) in [5, 5.41) is 14.8. The van der Waals surface area contributed by atoms with Crippen molar-refractivity contribution in [1.82, 2.24) is 10.6 Å². The summed E-state index contributed by atoms with van der Waals surface area (Å²) >= 11 is 0. The molecule has 0 aromatic carbocycles. The van der Waals surface area contributed by atoms with Gasteiger partial charge >= 0.3 is 12.0 Å². The van der Waals surface area contributed by atoms with Gasteiger partial charge in [0.1, 0.15) is 5.54 Å². The molecule has 0 aliphatic carbocycles. The molecule has 1 saturated heterocycles. The van der Waals surface area contributed by atoms with Crippen molar-refractivity contribution in [2.45, 2.75) is 58.0 Å². The van der Waals surface area contributed by atoms with Gasteiger partial charge in [-0.05, 0) is 38.5 Å². The summed E-state index contributed by atoms with van der Waals surface area (Å²) < 4.78 is 5.30. The predicted octanol–water partition coefficient (Wildman–Crippen LogP) is 1.74. The summed E-state index contributed by atoms with van der Waals surface area (Å²) in [6, 6.07) is -0.394. The van der Waals surface area contributed by atoms with Crippen LogP contribution in [0.2, 0.25) is 0 Å². The average molecular weight is 286 g/mol. The molecule has 0 spiro atoms. The van der Waals surface area contributed by atoms with Crippen LogP contribution < -0.4 is 10.6 Å². The van der Waals surface area contributed by atoms with Gasteiger partial charge in [-0.2, -0.15) is 0 Å². The van der Waals surface area contributed by atoms with E-state index in [0.717, 1.165) is 26.1 Å². The highest BCUT2D eigenvalue weighted by Crippen LogP contribution is 2.19. The summed E-state index contributed by atoms with van der Waals surface area (Å²) in [6.45, 7) is 6.93. The van der Waals surface area contributed by atoms with Gasteiger partial charge in [0, 0.05) is 19.3 Å². The zero-order valence-electron chi connectivity index (χ0n) is 12.6. The van der Waals surface area contributed by atoms with Gasteiger partial charge in [-0.1, -0.05) is 13.8 Å². The first-order valence-corrected chi connectivity index (χ1v) is 7.35. The van der Waals surface area contributed by atoms with Crippen LogP contribution in [-0.2, 0) is 9.53 Å². The third-order valence-electron chi connectivity index (χ3n) is 4.30. The normalized spacial score (nSPS) is 18.4. The summed E-state index contributed by atoms with van der Waals surface area (Å²) in [6.07, 6.45) is 2.57. The Balaban J connectivity index is 2.54. The lowest BCUT2D eigenvalue weighted by molar-refractivity contribution is -0.144. The average Bonchev–Trinajstić information content (AvgIpc) is 2.45. The molecule has 1 aliphatic rings. The van der Waals surface area contributed by atoms with E-state index in [0.29, 0.717) is 18.8 Å². The van der Waals surface area contributed by atoms with Crippen LogP contribution in [0.1, 0.15) is 46.5 Å². The largest absolute Gasteiger partial charge is 0.480 e. The van der Waals surface area contributed by atoms with Gasteiger partial charge in [0.25, 0.3) is 0 Å². The lowest BCUT2D eigenvalue weighted by Crippen LogP contribution is -2.58. The van der Waals surface area contributed by atoms with Crippen molar-refractivity contribution in [3.05, 3.63) is 0 Å². The molecule has 1 aliphatic heterocycles. The van der Waals surface area contributed by atoms with Crippen LogP contribution in [0, 0.1) is 5.92 Å². The number of aliphatic carboxylic acids is 1. The Morgan fingerprint density at radius 3 is 2.30 bits per heavy atom. The molecular formula is C14H26N2O4. The molecule has 1 fully saturated rings. The number of carbonyl (C=O) groups excluding carboxylic acids is 1. The van der Waals surface area contributed by atoms with E-state index in [1.165, 1.54) is 0 Å². The minimum Gasteiger partial charge on any atom is -0.480 e. The molecule has 20 heavy (non-hydrogen) atoms. The maximum Gasteiger partial charge on any atom is 0.329 e. The fourth-order valence-corrected chi connectivity index (χ4v) is 2.58. The van der Waals surface area contributed by atoms with E-state index in [1.54, 1.807) is 13.8 Å². The Labute approximate surface area is 120 Å². The van der Waals surface area contributed by atoms with Crippen LogP contribution in [0.15, 0.2) is 0 Å². The SMILES string of the molecule is CCC(CC)(NC(=O)NC(C)C1CCOCC1)C(=O)O. The highest BCUT2D eigenvalue weighted by atomic mass is 16.5. The molecule has 0 saturated carbocycles. The van der Waals surface area contributed by atoms with Crippen molar-refractivity contribution in [3.8, 4) is 0 Å². The maximum absolute atomic E-state index is 12.0. The second-order valence-electron chi connectivity index (χ2n) is 5.43. The van der Waals surface area contributed by atoms with Crippen LogP contribution in [0.3, 0.4) is 0 Å². The molecular weight excluding hydrogens is 260 g/mol. The number of hydrogen-bond donors (Lipinski definition) is 3. The van der Waals surface area contributed by atoms with Crippen molar-refractivity contribution in [2.24, 2.45) is 5.92 Å². The number of nitrogens with one attached hydrogen (secondary N) is 2. The van der Waals surface area contributed by atoms with E-state index in [4.69, 9.17) is 4.74 Å². The smallest absolute Gasteiger partial charge is 0.329 e. The predicted molar refractivity (Wildman–Crippen MR) is 75.6 cm³/mol. The molecule has 6 heteroatoms. The van der Waals surface area contributed by atoms with E-state index in [9.17, 15) is 14.7 Å². The van der Waals surface area contributed by atoms with Crippen molar-refractivity contribution in [3.63, 3.8) is 0 Å². The minimum atomic E-state index is -1.18. The lowest BCUT2D eigenvalue weighted by Gasteiger charge is -2.32. The van der Waals surface area contributed by atoms with Gasteiger partial charge in [-0.3, -0.25) is 0 Å². The van der Waals surface area contributed by atoms with Crippen LogP contribution in [-0.4, -0.2) is 41.9 Å². The molecule has 6 nitrogen and oxygen atoms in total. The van der Waals surface area contributed by atoms with Crippen molar-refractivity contribution in [2.75, 3.05) is 13.2 Å². The fraction of sp³-hybridized carbons (Fsp3) is 0.857. The molecule has 0 aromatic rings. The standard InChI is InChI=1S/C14H26N2O4/c1-4-14(5-2,12(17)18)16-13(19)15-10(3)11-6-8-20-9-7-11/h10-11H,4-9H2,1-3H3,(H,17,18)(H2,15,16,19). The van der Waals surface area contributed by atoms with Crippen molar-refractivity contribution >= 4 is 12.0 Å². The topological polar surface area (TPSA) is 87.7 Å². The Kier molecular flexibility index (Phi) is 6.26. The van der Waals surface area contributed by atoms with Gasteiger partial charge in [0.15, 0.2) is 0 Å². The fourth-order valence-electron chi connectivity index (χ4n) is 2.58. The van der Waals surface area contributed by atoms with Crippen molar-refractivity contribution in [1.29, 1.82) is 0 Å². The van der Waals surface area contributed by atoms with Crippen LogP contribution in [0.5, 0.6) is 0 Å². The highest BCUT2D eigenvalue weighted by Gasteiger charge is 2.36. The van der Waals surface area contributed by atoms with Crippen LogP contribution in [0.4, 0.5) is 4.79 Å². The molecule has 2 amide bonds. The lowest BCUT2D eigenvalue weighted by atomic mass is 9.92. The third-order valence-corrected chi connectivity index (χ3v) is 4.30. The van der Waals surface area contributed by atoms with Crippen molar-refractivity contribution < 1.29 is 19.4 Å². The van der Waals surface area contributed by atoms with E-state index in [1.807, 2.05) is 6.92 Å². The molecule has 1 heterocycles. The molecule has 116 valence electrons. The molecule has 3 N–H and O–H groups in total. The number of carboxylic acids is 1. The highest BCUT2D eigenvalue weighted by molar-refractivity contribution is 5.86. The number of ether oxygens (including phenoxy) is 1. The van der Waals surface area contributed by atoms with E-state index in [2.05, 4.69) is 10.6 Å². The Bertz CT molecular complexity index is 336. The first-order valence-electron chi connectivity index (χ1n) is 7.35. The van der Waals surface area contributed by atoms with E-state index < -0.39 is 17.5 Å². The quantitative estimate of drug-likeness (QED) is 0.694. The molecule has 0 radical (unpaired) electrons. The summed E-state index contributed by atoms with van der Waals surface area (Å²) in [4.78, 5) is 23.4. The van der Waals surface area contributed by atoms with Gasteiger partial charge in [-0.15, -0.1) is 0 Å². The zero-order valence-corrected chi connectivity index (χ0v) is 12.6. The Hall–Kier alpha value is -1.30. The second kappa shape index (κ2) is 7.47. The van der Waals surface area contributed by atoms with E-state index in [-0.39, 0.29) is 6.04 Å². The molecule has 1 atom stereocenters. The van der Waals surface area contributed by atoms with E-state index >= 15 is 0 Å². The zero-order chi connectivity index (χ0) is 15.2. The van der Waals surface area contributed by atoms with Gasteiger partial charge < -0.3 is 20.5 Å². The maximum atomic E-state index is 12.0. The minimum absolute atomic E-state index is 0.0131. The van der Waals surface area contributed by atoms with Gasteiger partial charge in [-0.25, -0.2) is 9.59 Å². The monoisotopic (exact) mass is 286 g/mol. The number of amides is 2. The number of carbonyl (C=O) groups is 2. The molecule has 0 aromatic heterocycles. The molecule has 1 rings (SSSR count). The number of rotatable bonds is 6. The first-order chi connectivity index (χ1) is 9.45. The van der Waals surface area contributed by atoms with Crippen LogP contribution >= 0.6 is 0 Å². The van der Waals surface area contributed by atoms with Gasteiger partial charge in [0.2, 0.25) is 0 Å². The number of hydrogen-bond acceptors (Lipinski definition) is 3. The number of urea groups is 1. The number of carboxylic acid groups (broad SMARTS) is 1. The first kappa shape index (κ1) is 16.8. The van der Waals surface area contributed by atoms with Gasteiger partial charge in [0.05, 0.1) is 0 Å². The summed E-state index contributed by atoms with van der Waals surface area (Å²) in [5.41, 5.74) is -1.18.